The molecule has 4 saturated heterocycles. The Morgan fingerprint density at radius 3 is 1.81 bits per heavy atom. The van der Waals surface area contributed by atoms with Gasteiger partial charge in [0.15, 0.2) is 35.0 Å². The summed E-state index contributed by atoms with van der Waals surface area (Å²) in [5.74, 6) is -3.81. The molecule has 7 atom stereocenters. The molecule has 0 aromatic carbocycles. The fourth-order valence-electron chi connectivity index (χ4n) is 5.01. The number of aliphatic hydroxyl groups is 1. The van der Waals surface area contributed by atoms with Gasteiger partial charge in [0.2, 0.25) is 0 Å². The molecule has 4 heterocycles. The van der Waals surface area contributed by atoms with Crippen LogP contribution >= 0.6 is 0 Å². The number of ether oxygens (including phenoxy) is 8. The molecule has 10 nitrogen and oxygen atoms in total. The zero-order valence-corrected chi connectivity index (χ0v) is 20.1. The van der Waals surface area contributed by atoms with Crippen molar-refractivity contribution in [2.75, 3.05) is 13.2 Å². The highest BCUT2D eigenvalue weighted by Crippen LogP contribution is 2.46. The third-order valence-corrected chi connectivity index (χ3v) is 6.16. The van der Waals surface area contributed by atoms with Gasteiger partial charge in [-0.2, -0.15) is 0 Å². The van der Waals surface area contributed by atoms with Gasteiger partial charge < -0.3 is 43.0 Å². The minimum atomic E-state index is -1.78. The van der Waals surface area contributed by atoms with Gasteiger partial charge in [-0.25, -0.2) is 0 Å². The summed E-state index contributed by atoms with van der Waals surface area (Å²) in [6.45, 7) is 14.5. The van der Waals surface area contributed by atoms with E-state index in [9.17, 15) is 9.90 Å². The van der Waals surface area contributed by atoms with Gasteiger partial charge in [-0.3, -0.25) is 4.79 Å². The van der Waals surface area contributed by atoms with Crippen molar-refractivity contribution >= 4 is 6.29 Å². The van der Waals surface area contributed by atoms with E-state index in [1.807, 2.05) is 0 Å². The Morgan fingerprint density at radius 1 is 0.750 bits per heavy atom. The van der Waals surface area contributed by atoms with Crippen molar-refractivity contribution in [2.45, 2.75) is 121 Å². The van der Waals surface area contributed by atoms with E-state index >= 15 is 0 Å². The highest BCUT2D eigenvalue weighted by atomic mass is 16.8. The van der Waals surface area contributed by atoms with E-state index in [1.54, 1.807) is 55.4 Å². The average molecular weight is 461 g/mol. The maximum atomic E-state index is 12.6. The van der Waals surface area contributed by atoms with Gasteiger partial charge in [0, 0.05) is 0 Å². The van der Waals surface area contributed by atoms with Crippen LogP contribution < -0.4 is 0 Å². The Balaban J connectivity index is 1.66. The summed E-state index contributed by atoms with van der Waals surface area (Å²) >= 11 is 0. The van der Waals surface area contributed by atoms with Crippen molar-refractivity contribution in [1.29, 1.82) is 0 Å². The Kier molecular flexibility index (Phi) is 5.85. The molecule has 0 saturated carbocycles. The van der Waals surface area contributed by atoms with Crippen molar-refractivity contribution in [2.24, 2.45) is 0 Å². The smallest absolute Gasteiger partial charge is 0.183 e. The predicted molar refractivity (Wildman–Crippen MR) is 108 cm³/mol. The van der Waals surface area contributed by atoms with Crippen molar-refractivity contribution < 1.29 is 47.8 Å². The van der Waals surface area contributed by atoms with E-state index in [1.165, 1.54) is 0 Å². The van der Waals surface area contributed by atoms with Crippen LogP contribution in [0.4, 0.5) is 0 Å². The second-order valence-corrected chi connectivity index (χ2v) is 10.8. The number of carbonyl (C=O) groups is 1. The fourth-order valence-corrected chi connectivity index (χ4v) is 5.01. The lowest BCUT2D eigenvalue weighted by Crippen LogP contribution is -2.63. The first-order valence-corrected chi connectivity index (χ1v) is 11.1. The first-order valence-electron chi connectivity index (χ1n) is 11.1. The molecule has 0 aliphatic carbocycles. The molecule has 1 N–H and O–H groups in total. The monoisotopic (exact) mass is 460 g/mol. The van der Waals surface area contributed by atoms with E-state index in [-0.39, 0.29) is 13.2 Å². The largest absolute Gasteiger partial charge is 0.387 e. The molecule has 0 unspecified atom stereocenters. The second kappa shape index (κ2) is 7.66. The highest BCUT2D eigenvalue weighted by molar-refractivity contribution is 5.66. The number of hydrogen-bond acceptors (Lipinski definition) is 10. The summed E-state index contributed by atoms with van der Waals surface area (Å²) in [5, 5.41) is 11.7. The van der Waals surface area contributed by atoms with Crippen LogP contribution in [-0.4, -0.2) is 90.0 Å². The molecule has 4 fully saturated rings. The number of rotatable bonds is 5. The average Bonchev–Trinajstić information content (AvgIpc) is 3.36. The first kappa shape index (κ1) is 24.4. The topological polar surface area (TPSA) is 111 Å². The summed E-state index contributed by atoms with van der Waals surface area (Å²) < 4.78 is 47.7. The van der Waals surface area contributed by atoms with Gasteiger partial charge in [0.25, 0.3) is 0 Å². The zero-order chi connectivity index (χ0) is 23.7. The molecule has 0 amide bonds. The molecule has 0 radical (unpaired) electrons. The number of carbonyl (C=O) groups excluding carboxylic acids is 1. The van der Waals surface area contributed by atoms with Gasteiger partial charge in [0.05, 0.1) is 13.2 Å². The van der Waals surface area contributed by atoms with E-state index < -0.39 is 65.4 Å². The van der Waals surface area contributed by atoms with E-state index in [2.05, 4.69) is 0 Å². The molecular formula is C22H36O10. The molecule has 0 bridgehead atoms. The quantitative estimate of drug-likeness (QED) is 0.602. The minimum absolute atomic E-state index is 0.185. The van der Waals surface area contributed by atoms with Crippen molar-refractivity contribution in [3.05, 3.63) is 0 Å². The van der Waals surface area contributed by atoms with Gasteiger partial charge in [-0.15, -0.1) is 0 Å². The second-order valence-electron chi connectivity index (χ2n) is 10.8. The summed E-state index contributed by atoms with van der Waals surface area (Å²) in [6, 6.07) is 0. The van der Waals surface area contributed by atoms with Crippen molar-refractivity contribution in [3.8, 4) is 0 Å². The van der Waals surface area contributed by atoms with Gasteiger partial charge in [0.1, 0.15) is 36.6 Å². The summed E-state index contributed by atoms with van der Waals surface area (Å²) in [6.07, 6.45) is -4.60. The zero-order valence-electron chi connectivity index (χ0n) is 20.1. The normalized spacial score (nSPS) is 45.2. The highest BCUT2D eigenvalue weighted by Gasteiger charge is 2.66. The third-order valence-electron chi connectivity index (χ3n) is 6.16. The lowest BCUT2D eigenvalue weighted by Gasteiger charge is -2.38. The minimum Gasteiger partial charge on any atom is -0.387 e. The summed E-state index contributed by atoms with van der Waals surface area (Å²) in [5.41, 5.74) is -1.78. The predicted octanol–water partition coefficient (Wildman–Crippen LogP) is 1.26. The number of aldehydes is 1. The van der Waals surface area contributed by atoms with Crippen LogP contribution in [0.25, 0.3) is 0 Å². The van der Waals surface area contributed by atoms with Crippen LogP contribution in [0, 0.1) is 0 Å². The Morgan fingerprint density at radius 2 is 1.31 bits per heavy atom. The Bertz CT molecular complexity index is 734. The van der Waals surface area contributed by atoms with Crippen LogP contribution in [-0.2, 0) is 42.7 Å². The Labute approximate surface area is 188 Å². The molecule has 4 aliphatic rings. The van der Waals surface area contributed by atoms with Gasteiger partial charge in [-0.05, 0) is 55.4 Å². The van der Waals surface area contributed by atoms with E-state index in [4.69, 9.17) is 37.9 Å². The van der Waals surface area contributed by atoms with Crippen LogP contribution in [0.2, 0.25) is 0 Å². The van der Waals surface area contributed by atoms with Gasteiger partial charge in [-0.1, -0.05) is 0 Å². The maximum Gasteiger partial charge on any atom is 0.183 e. The molecular weight excluding hydrogens is 424 g/mol. The molecule has 10 heteroatoms. The van der Waals surface area contributed by atoms with E-state index in [0.717, 1.165) is 0 Å². The molecule has 184 valence electrons. The maximum absolute atomic E-state index is 12.6. The molecule has 0 aromatic heterocycles. The summed E-state index contributed by atoms with van der Waals surface area (Å²) in [7, 11) is 0. The molecule has 0 aromatic rings. The van der Waals surface area contributed by atoms with Crippen LogP contribution in [0.3, 0.4) is 0 Å². The summed E-state index contributed by atoms with van der Waals surface area (Å²) in [4.78, 5) is 12.6. The van der Waals surface area contributed by atoms with Crippen LogP contribution in [0.15, 0.2) is 0 Å². The lowest BCUT2D eigenvalue weighted by atomic mass is 9.83. The van der Waals surface area contributed by atoms with Crippen LogP contribution in [0.1, 0.15) is 55.4 Å². The molecule has 32 heavy (non-hydrogen) atoms. The molecule has 0 spiro atoms. The van der Waals surface area contributed by atoms with Crippen molar-refractivity contribution in [3.63, 3.8) is 0 Å². The lowest BCUT2D eigenvalue weighted by molar-refractivity contribution is -0.205. The standard InChI is InChI=1S/C22H36O10/c1-18(2)25-9-12(27-18)14-15(30-20(5,6)29-14)16(24)22(11-23)17(31-21(7,8)32-22)13-10-26-19(3,4)28-13/h11-17,24H,9-10H2,1-8H3/t12-,13-,14+,15-,16+,17-,22-/m1/s1. The fraction of sp³-hybridized carbons (Fsp3) is 0.955. The molecule has 4 aliphatic heterocycles. The van der Waals surface area contributed by atoms with Crippen LogP contribution in [0.5, 0.6) is 0 Å². The van der Waals surface area contributed by atoms with Crippen molar-refractivity contribution in [1.82, 2.24) is 0 Å². The first-order chi connectivity index (χ1) is 14.6. The number of hydrogen-bond donors (Lipinski definition) is 1. The Hall–Kier alpha value is -0.690. The molecule has 4 rings (SSSR count). The third kappa shape index (κ3) is 4.37. The number of aliphatic hydroxyl groups excluding tert-OH is 1. The van der Waals surface area contributed by atoms with E-state index in [0.29, 0.717) is 6.29 Å². The van der Waals surface area contributed by atoms with Gasteiger partial charge >= 0.3 is 0 Å². The SMILES string of the molecule is CC1(C)O[C@@H]([C@H]2COC(C)(C)O2)[C@H]([C@H](O)[C@@]2(C=O)OC(C)(C)O[C@@H]2[C@H]2COC(C)(C)O2)O1.